The number of carboxylic acid groups (broad SMARTS) is 1. The molecular formula is C23H26IN3O4. The predicted octanol–water partition coefficient (Wildman–Crippen LogP) is 5.29. The zero-order valence-electron chi connectivity index (χ0n) is 17.2. The van der Waals surface area contributed by atoms with Gasteiger partial charge in [0.1, 0.15) is 9.45 Å². The molecule has 1 saturated heterocycles. The summed E-state index contributed by atoms with van der Waals surface area (Å²) in [6, 6.07) is 15.6. The number of rotatable bonds is 8. The van der Waals surface area contributed by atoms with Gasteiger partial charge in [0.15, 0.2) is 6.23 Å². The fourth-order valence-corrected chi connectivity index (χ4v) is 4.46. The Hall–Kier alpha value is -2.33. The van der Waals surface area contributed by atoms with Crippen molar-refractivity contribution in [1.29, 1.82) is 0 Å². The van der Waals surface area contributed by atoms with E-state index in [1.165, 1.54) is 4.90 Å². The number of benzene rings is 2. The number of carbonyl (C=O) groups is 1. The first-order valence-electron chi connectivity index (χ1n) is 10.6. The quantitative estimate of drug-likeness (QED) is 0.314. The van der Waals surface area contributed by atoms with E-state index in [2.05, 4.69) is 27.7 Å². The molecule has 1 unspecified atom stereocenters. The lowest BCUT2D eigenvalue weighted by Gasteiger charge is -2.23. The third kappa shape index (κ3) is 5.48. The molecule has 1 fully saturated rings. The summed E-state index contributed by atoms with van der Waals surface area (Å²) in [6.07, 6.45) is 2.93. The first kappa shape index (κ1) is 21.9. The van der Waals surface area contributed by atoms with Crippen molar-refractivity contribution in [1.82, 2.24) is 14.7 Å². The van der Waals surface area contributed by atoms with Crippen molar-refractivity contribution in [3.63, 3.8) is 0 Å². The van der Waals surface area contributed by atoms with Crippen molar-refractivity contribution in [3.8, 4) is 5.75 Å². The molecule has 0 aliphatic carbocycles. The Morgan fingerprint density at radius 1 is 1.26 bits per heavy atom. The molecule has 2 aromatic carbocycles. The topological polar surface area (TPSA) is 76.8 Å². The van der Waals surface area contributed by atoms with Crippen molar-refractivity contribution in [2.45, 2.75) is 38.5 Å². The first-order valence-corrected chi connectivity index (χ1v) is 11.6. The van der Waals surface area contributed by atoms with Crippen LogP contribution in [0.3, 0.4) is 0 Å². The van der Waals surface area contributed by atoms with Crippen LogP contribution in [0.2, 0.25) is 0 Å². The Labute approximate surface area is 195 Å². The zero-order chi connectivity index (χ0) is 21.6. The molecule has 1 amide bonds. The second kappa shape index (κ2) is 10.3. The molecule has 0 bridgehead atoms. The summed E-state index contributed by atoms with van der Waals surface area (Å²) in [4.78, 5) is 13.0. The first-order chi connectivity index (χ1) is 15.1. The number of nitrogens with zero attached hydrogens (tertiary/aromatic N) is 3. The molecule has 0 saturated carbocycles. The molecule has 1 aromatic heterocycles. The number of aromatic nitrogens is 2. The highest BCUT2D eigenvalue weighted by molar-refractivity contribution is 14.1. The lowest BCUT2D eigenvalue weighted by atomic mass is 10.2. The lowest BCUT2D eigenvalue weighted by molar-refractivity contribution is -0.0368. The van der Waals surface area contributed by atoms with Crippen LogP contribution >= 0.6 is 22.6 Å². The van der Waals surface area contributed by atoms with Crippen molar-refractivity contribution in [3.05, 3.63) is 57.8 Å². The van der Waals surface area contributed by atoms with Gasteiger partial charge in [0.25, 0.3) is 0 Å². The van der Waals surface area contributed by atoms with Gasteiger partial charge in [-0.3, -0.25) is 0 Å². The van der Waals surface area contributed by atoms with E-state index in [-0.39, 0.29) is 6.23 Å². The molecule has 0 spiro atoms. The average Bonchev–Trinajstić information content (AvgIpc) is 3.13. The van der Waals surface area contributed by atoms with Crippen molar-refractivity contribution in [2.24, 2.45) is 0 Å². The third-order valence-corrected chi connectivity index (χ3v) is 6.19. The molecule has 1 aliphatic rings. The monoisotopic (exact) mass is 535 g/mol. The van der Waals surface area contributed by atoms with Gasteiger partial charge in [-0.25, -0.2) is 9.48 Å². The van der Waals surface area contributed by atoms with Gasteiger partial charge in [-0.15, -0.1) is 0 Å². The summed E-state index contributed by atoms with van der Waals surface area (Å²) in [7, 11) is 0. The van der Waals surface area contributed by atoms with Gasteiger partial charge >= 0.3 is 6.09 Å². The average molecular weight is 535 g/mol. The normalized spacial score (nSPS) is 16.4. The van der Waals surface area contributed by atoms with Crippen LogP contribution in [0, 0.1) is 3.70 Å². The molecule has 3 aromatic rings. The summed E-state index contributed by atoms with van der Waals surface area (Å²) < 4.78 is 14.7. The molecule has 4 rings (SSSR count). The minimum Gasteiger partial charge on any atom is -0.494 e. The van der Waals surface area contributed by atoms with Crippen LogP contribution in [-0.4, -0.2) is 45.6 Å². The van der Waals surface area contributed by atoms with Gasteiger partial charge in [0.05, 0.1) is 12.1 Å². The predicted molar refractivity (Wildman–Crippen MR) is 126 cm³/mol. The largest absolute Gasteiger partial charge is 0.494 e. The summed E-state index contributed by atoms with van der Waals surface area (Å²) in [5, 5.41) is 15.2. The van der Waals surface area contributed by atoms with Crippen LogP contribution in [0.15, 0.2) is 48.5 Å². The summed E-state index contributed by atoms with van der Waals surface area (Å²) in [5.74, 6) is 0.763. The highest BCUT2D eigenvalue weighted by Crippen LogP contribution is 2.30. The van der Waals surface area contributed by atoms with Gasteiger partial charge in [0.2, 0.25) is 0 Å². The Morgan fingerprint density at radius 2 is 2.10 bits per heavy atom. The SMILES string of the molecule is O=C(O)N(CCCOc1ccc2c(c1)c(I)nn2C1CCCCO1)Cc1ccccc1. The molecular weight excluding hydrogens is 509 g/mol. The summed E-state index contributed by atoms with van der Waals surface area (Å²) >= 11 is 2.25. The van der Waals surface area contributed by atoms with Gasteiger partial charge < -0.3 is 19.5 Å². The third-order valence-electron chi connectivity index (χ3n) is 5.39. The van der Waals surface area contributed by atoms with Crippen LogP contribution < -0.4 is 4.74 Å². The highest BCUT2D eigenvalue weighted by Gasteiger charge is 2.20. The number of fused-ring (bicyclic) bond motifs is 1. The minimum atomic E-state index is -0.919. The molecule has 8 heteroatoms. The maximum absolute atomic E-state index is 11.5. The van der Waals surface area contributed by atoms with E-state index in [0.717, 1.165) is 51.8 Å². The number of hydrogen-bond acceptors (Lipinski definition) is 4. The van der Waals surface area contributed by atoms with Crippen LogP contribution in [-0.2, 0) is 11.3 Å². The number of amides is 1. The van der Waals surface area contributed by atoms with E-state index in [1.54, 1.807) is 0 Å². The van der Waals surface area contributed by atoms with E-state index < -0.39 is 6.09 Å². The standard InChI is InChI=1S/C23H26IN3O4/c24-22-19-15-18(10-11-20(19)27(25-22)21-9-4-5-13-31-21)30-14-6-12-26(23(28)29)16-17-7-2-1-3-8-17/h1-3,7-8,10-11,15,21H,4-6,9,12-14,16H2,(H,28,29). The molecule has 1 aliphatic heterocycles. The molecule has 1 atom stereocenters. The van der Waals surface area contributed by atoms with E-state index in [1.807, 2.05) is 53.2 Å². The number of halogens is 1. The zero-order valence-corrected chi connectivity index (χ0v) is 19.4. The second-order valence-electron chi connectivity index (χ2n) is 7.63. The Balaban J connectivity index is 1.34. The summed E-state index contributed by atoms with van der Waals surface area (Å²) in [6.45, 7) is 2.02. The van der Waals surface area contributed by atoms with E-state index >= 15 is 0 Å². The van der Waals surface area contributed by atoms with Crippen LogP contribution in [0.1, 0.15) is 37.5 Å². The molecule has 7 nitrogen and oxygen atoms in total. The minimum absolute atomic E-state index is 0.00171. The van der Waals surface area contributed by atoms with Gasteiger partial charge in [-0.05, 0) is 72.0 Å². The Bertz CT molecular complexity index is 1020. The highest BCUT2D eigenvalue weighted by atomic mass is 127. The van der Waals surface area contributed by atoms with Crippen molar-refractivity contribution >= 4 is 39.6 Å². The van der Waals surface area contributed by atoms with Crippen LogP contribution in [0.25, 0.3) is 10.9 Å². The van der Waals surface area contributed by atoms with E-state index in [4.69, 9.17) is 9.47 Å². The Kier molecular flexibility index (Phi) is 7.29. The number of hydrogen-bond donors (Lipinski definition) is 1. The van der Waals surface area contributed by atoms with Crippen LogP contribution in [0.5, 0.6) is 5.75 Å². The maximum atomic E-state index is 11.5. The fraction of sp³-hybridized carbons (Fsp3) is 0.391. The van der Waals surface area contributed by atoms with Gasteiger partial charge in [-0.2, -0.15) is 5.10 Å². The second-order valence-corrected chi connectivity index (χ2v) is 8.65. The smallest absolute Gasteiger partial charge is 0.407 e. The molecule has 2 heterocycles. The van der Waals surface area contributed by atoms with Gasteiger partial charge in [0, 0.05) is 25.1 Å². The van der Waals surface area contributed by atoms with Crippen molar-refractivity contribution in [2.75, 3.05) is 19.8 Å². The van der Waals surface area contributed by atoms with E-state index in [9.17, 15) is 9.90 Å². The molecule has 164 valence electrons. The van der Waals surface area contributed by atoms with E-state index in [0.29, 0.717) is 26.1 Å². The molecule has 31 heavy (non-hydrogen) atoms. The summed E-state index contributed by atoms with van der Waals surface area (Å²) in [5.41, 5.74) is 2.02. The fourth-order valence-electron chi connectivity index (χ4n) is 3.80. The lowest BCUT2D eigenvalue weighted by Crippen LogP contribution is -2.30. The van der Waals surface area contributed by atoms with Crippen LogP contribution in [0.4, 0.5) is 4.79 Å². The molecule has 1 N–H and O–H groups in total. The Morgan fingerprint density at radius 3 is 2.84 bits per heavy atom. The maximum Gasteiger partial charge on any atom is 0.407 e. The van der Waals surface area contributed by atoms with Crippen molar-refractivity contribution < 1.29 is 19.4 Å². The molecule has 0 radical (unpaired) electrons. The number of ether oxygens (including phenoxy) is 2. The van der Waals surface area contributed by atoms with Gasteiger partial charge in [-0.1, -0.05) is 30.3 Å².